The van der Waals surface area contributed by atoms with Crippen LogP contribution < -0.4 is 4.72 Å². The van der Waals surface area contributed by atoms with E-state index in [2.05, 4.69) is 11.3 Å². The average Bonchev–Trinajstić information content (AvgIpc) is 2.10. The lowest BCUT2D eigenvalue weighted by molar-refractivity contribution is -0.137. The van der Waals surface area contributed by atoms with Crippen molar-refractivity contribution in [2.24, 2.45) is 0 Å². The third-order valence-electron chi connectivity index (χ3n) is 1.11. The highest BCUT2D eigenvalue weighted by Crippen LogP contribution is 2.21. The van der Waals surface area contributed by atoms with Gasteiger partial charge in [-0.1, -0.05) is 6.58 Å². The molecule has 0 unspecified atom stereocenters. The highest BCUT2D eigenvalue weighted by atomic mass is 32.2. The van der Waals surface area contributed by atoms with Gasteiger partial charge in [-0.2, -0.15) is 13.2 Å². The summed E-state index contributed by atoms with van der Waals surface area (Å²) >= 11 is 0. The Labute approximate surface area is 84.0 Å². The molecule has 0 atom stereocenters. The highest BCUT2D eigenvalue weighted by Gasteiger charge is 2.45. The van der Waals surface area contributed by atoms with Gasteiger partial charge >= 0.3 is 21.5 Å². The quantitative estimate of drug-likeness (QED) is 0.426. The Morgan fingerprint density at radius 2 is 2.00 bits per heavy atom. The summed E-state index contributed by atoms with van der Waals surface area (Å²) in [6, 6.07) is 0. The first kappa shape index (κ1) is 13.9. The molecule has 0 aliphatic heterocycles. The standard InChI is InChI=1S/C6H8F3NO4S/c1-2-5(11)14-4-3-10-15(12,13)6(7,8)9/h2,10H,1,3-4H2. The van der Waals surface area contributed by atoms with Crippen LogP contribution in [0.5, 0.6) is 0 Å². The van der Waals surface area contributed by atoms with E-state index in [1.165, 1.54) is 4.72 Å². The van der Waals surface area contributed by atoms with Gasteiger partial charge < -0.3 is 4.74 Å². The molecule has 88 valence electrons. The minimum absolute atomic E-state index is 0.500. The molecule has 0 bridgehead atoms. The molecule has 15 heavy (non-hydrogen) atoms. The molecule has 0 aromatic carbocycles. The van der Waals surface area contributed by atoms with Crippen molar-refractivity contribution in [2.75, 3.05) is 13.2 Å². The van der Waals surface area contributed by atoms with E-state index in [9.17, 15) is 26.4 Å². The summed E-state index contributed by atoms with van der Waals surface area (Å²) in [4.78, 5) is 10.4. The Bertz CT molecular complexity index is 335. The molecule has 0 saturated carbocycles. The van der Waals surface area contributed by atoms with Crippen LogP contribution in [0.2, 0.25) is 0 Å². The van der Waals surface area contributed by atoms with Gasteiger partial charge in [-0.3, -0.25) is 0 Å². The van der Waals surface area contributed by atoms with E-state index in [0.29, 0.717) is 0 Å². The van der Waals surface area contributed by atoms with Crippen LogP contribution >= 0.6 is 0 Å². The number of hydrogen-bond donors (Lipinski definition) is 1. The molecule has 0 aliphatic carbocycles. The molecule has 9 heteroatoms. The van der Waals surface area contributed by atoms with E-state index in [1.807, 2.05) is 0 Å². The fourth-order valence-corrected chi connectivity index (χ4v) is 0.984. The topological polar surface area (TPSA) is 72.5 Å². The van der Waals surface area contributed by atoms with Gasteiger partial charge in [0.05, 0.1) is 0 Å². The first-order chi connectivity index (χ1) is 6.70. The Kier molecular flexibility index (Phi) is 4.75. The molecule has 0 aromatic heterocycles. The van der Waals surface area contributed by atoms with Crippen molar-refractivity contribution in [2.45, 2.75) is 5.51 Å². The number of nitrogens with one attached hydrogen (secondary N) is 1. The summed E-state index contributed by atoms with van der Waals surface area (Å²) in [5.74, 6) is -0.846. The second-order valence-corrected chi connectivity index (χ2v) is 3.97. The summed E-state index contributed by atoms with van der Waals surface area (Å²) in [5, 5.41) is 0. The largest absolute Gasteiger partial charge is 0.511 e. The zero-order chi connectivity index (χ0) is 12.1. The van der Waals surface area contributed by atoms with Gasteiger partial charge in [0.25, 0.3) is 0 Å². The first-order valence-corrected chi connectivity index (χ1v) is 5.04. The molecule has 5 nitrogen and oxygen atoms in total. The predicted octanol–water partition coefficient (Wildman–Crippen LogP) is 0.155. The number of carbonyl (C=O) groups is 1. The third-order valence-corrected chi connectivity index (χ3v) is 2.30. The fraction of sp³-hybridized carbons (Fsp3) is 0.500. The monoisotopic (exact) mass is 247 g/mol. The number of hydrogen-bond acceptors (Lipinski definition) is 4. The molecular weight excluding hydrogens is 239 g/mol. The van der Waals surface area contributed by atoms with E-state index in [4.69, 9.17) is 0 Å². The number of rotatable bonds is 5. The van der Waals surface area contributed by atoms with Gasteiger partial charge in [0, 0.05) is 12.6 Å². The summed E-state index contributed by atoms with van der Waals surface area (Å²) in [7, 11) is -5.37. The Morgan fingerprint density at radius 1 is 1.47 bits per heavy atom. The van der Waals surface area contributed by atoms with Gasteiger partial charge in [-0.05, 0) is 0 Å². The minimum Gasteiger partial charge on any atom is -0.461 e. The number of ether oxygens (including phenoxy) is 1. The van der Waals surface area contributed by atoms with Crippen molar-refractivity contribution >= 4 is 16.0 Å². The molecule has 0 saturated heterocycles. The molecule has 0 aromatic rings. The van der Waals surface area contributed by atoms with Gasteiger partial charge in [-0.15, -0.1) is 0 Å². The number of carbonyl (C=O) groups excluding carboxylic acids is 1. The van der Waals surface area contributed by atoms with Gasteiger partial charge in [0.15, 0.2) is 0 Å². The van der Waals surface area contributed by atoms with Crippen molar-refractivity contribution in [1.29, 1.82) is 0 Å². The van der Waals surface area contributed by atoms with Gasteiger partial charge in [0.2, 0.25) is 0 Å². The zero-order valence-electron chi connectivity index (χ0n) is 7.37. The zero-order valence-corrected chi connectivity index (χ0v) is 8.19. The van der Waals surface area contributed by atoms with Crippen LogP contribution in [0, 0.1) is 0 Å². The van der Waals surface area contributed by atoms with Crippen LogP contribution in [0.25, 0.3) is 0 Å². The van der Waals surface area contributed by atoms with E-state index in [-0.39, 0.29) is 0 Å². The lowest BCUT2D eigenvalue weighted by Crippen LogP contribution is -2.38. The normalized spacial score (nSPS) is 12.2. The number of halogens is 3. The van der Waals surface area contributed by atoms with Crippen LogP contribution in [-0.4, -0.2) is 33.0 Å². The van der Waals surface area contributed by atoms with Crippen LogP contribution in [0.15, 0.2) is 12.7 Å². The predicted molar refractivity (Wildman–Crippen MR) is 44.1 cm³/mol. The van der Waals surface area contributed by atoms with Crippen molar-refractivity contribution < 1.29 is 31.1 Å². The molecule has 0 heterocycles. The Morgan fingerprint density at radius 3 is 2.40 bits per heavy atom. The van der Waals surface area contributed by atoms with E-state index in [1.54, 1.807) is 0 Å². The van der Waals surface area contributed by atoms with E-state index < -0.39 is 34.7 Å². The smallest absolute Gasteiger partial charge is 0.461 e. The van der Waals surface area contributed by atoms with Crippen LogP contribution in [-0.2, 0) is 19.6 Å². The molecule has 0 spiro atoms. The van der Waals surface area contributed by atoms with Crippen LogP contribution in [0.1, 0.15) is 0 Å². The number of sulfonamides is 1. The summed E-state index contributed by atoms with van der Waals surface area (Å²) < 4.78 is 61.3. The van der Waals surface area contributed by atoms with Crippen molar-refractivity contribution in [1.82, 2.24) is 4.72 Å². The average molecular weight is 247 g/mol. The van der Waals surface area contributed by atoms with Crippen LogP contribution in [0.3, 0.4) is 0 Å². The number of alkyl halides is 3. The molecular formula is C6H8F3NO4S. The summed E-state index contributed by atoms with van der Waals surface area (Å²) in [6.07, 6.45) is 0.804. The summed E-state index contributed by atoms with van der Waals surface area (Å²) in [6.45, 7) is 1.88. The maximum Gasteiger partial charge on any atom is 0.511 e. The van der Waals surface area contributed by atoms with Crippen molar-refractivity contribution in [3.63, 3.8) is 0 Å². The molecule has 0 aliphatic rings. The molecule has 1 N–H and O–H groups in total. The third kappa shape index (κ3) is 4.79. The van der Waals surface area contributed by atoms with Gasteiger partial charge in [-0.25, -0.2) is 17.9 Å². The summed E-state index contributed by atoms with van der Waals surface area (Å²) in [5.41, 5.74) is -5.37. The SMILES string of the molecule is C=CC(=O)OCCNS(=O)(=O)C(F)(F)F. The maximum atomic E-state index is 11.7. The van der Waals surface area contributed by atoms with E-state index in [0.717, 1.165) is 6.08 Å². The molecule has 0 fully saturated rings. The second kappa shape index (κ2) is 5.12. The maximum absolute atomic E-state index is 11.7. The Hall–Kier alpha value is -1.09. The lowest BCUT2D eigenvalue weighted by atomic mass is 10.6. The van der Waals surface area contributed by atoms with Crippen molar-refractivity contribution in [3.8, 4) is 0 Å². The molecule has 0 rings (SSSR count). The van der Waals surface area contributed by atoms with E-state index >= 15 is 0 Å². The highest BCUT2D eigenvalue weighted by molar-refractivity contribution is 7.90. The van der Waals surface area contributed by atoms with Crippen molar-refractivity contribution in [3.05, 3.63) is 12.7 Å². The number of esters is 1. The van der Waals surface area contributed by atoms with Crippen LogP contribution in [0.4, 0.5) is 13.2 Å². The lowest BCUT2D eigenvalue weighted by Gasteiger charge is -2.08. The first-order valence-electron chi connectivity index (χ1n) is 3.56. The second-order valence-electron chi connectivity index (χ2n) is 2.22. The molecule has 0 amide bonds. The molecule has 0 radical (unpaired) electrons. The fourth-order valence-electron chi connectivity index (χ4n) is 0.468. The minimum atomic E-state index is -5.37. The Balaban J connectivity index is 3.98. The van der Waals surface area contributed by atoms with Gasteiger partial charge in [0.1, 0.15) is 6.61 Å².